The van der Waals surface area contributed by atoms with Crippen molar-refractivity contribution in [3.05, 3.63) is 0 Å². The first-order chi connectivity index (χ1) is 17.2. The van der Waals surface area contributed by atoms with E-state index < -0.39 is 24.2 Å². The molecule has 1 amide bonds. The highest BCUT2D eigenvalue weighted by molar-refractivity contribution is 5.76. The van der Waals surface area contributed by atoms with Gasteiger partial charge in [-0.25, -0.2) is 4.79 Å². The number of aliphatic carboxylic acids is 1. The molecular formula is C27H48F3NO5. The number of carbonyl (C=O) groups excluding carboxylic acids is 2. The molecule has 0 aliphatic carbocycles. The first-order valence-corrected chi connectivity index (χ1v) is 13.9. The fraction of sp³-hybridized carbons (Fsp3) is 0.889. The van der Waals surface area contributed by atoms with Gasteiger partial charge in [0.15, 0.2) is 0 Å². The summed E-state index contributed by atoms with van der Waals surface area (Å²) in [5.41, 5.74) is 0. The highest BCUT2D eigenvalue weighted by Crippen LogP contribution is 2.22. The van der Waals surface area contributed by atoms with Crippen LogP contribution in [0.15, 0.2) is 0 Å². The molecule has 1 unspecified atom stereocenters. The predicted molar refractivity (Wildman–Crippen MR) is 135 cm³/mol. The molecule has 2 N–H and O–H groups in total. The van der Waals surface area contributed by atoms with Crippen LogP contribution in [0.3, 0.4) is 0 Å². The Morgan fingerprint density at radius 1 is 0.722 bits per heavy atom. The summed E-state index contributed by atoms with van der Waals surface area (Å²) in [6, 6.07) is 0. The molecule has 0 aromatic carbocycles. The summed E-state index contributed by atoms with van der Waals surface area (Å²) in [4.78, 5) is 33.2. The topological polar surface area (TPSA) is 92.7 Å². The number of nitrogens with one attached hydrogen (secondary N) is 1. The number of unbranched alkanes of at least 4 members (excludes halogenated alkanes) is 14. The fourth-order valence-electron chi connectivity index (χ4n) is 4.10. The monoisotopic (exact) mass is 523 g/mol. The third kappa shape index (κ3) is 22.7. The first-order valence-electron chi connectivity index (χ1n) is 13.9. The van der Waals surface area contributed by atoms with Crippen LogP contribution in [0, 0.1) is 0 Å². The molecule has 36 heavy (non-hydrogen) atoms. The van der Waals surface area contributed by atoms with Crippen LogP contribution in [0.25, 0.3) is 0 Å². The largest absolute Gasteiger partial charge is 0.490 e. The maximum Gasteiger partial charge on any atom is 0.490 e. The molecule has 0 spiro atoms. The Bertz CT molecular complexity index is 584. The second-order valence-corrected chi connectivity index (χ2v) is 9.65. The summed E-state index contributed by atoms with van der Waals surface area (Å²) in [6.07, 6.45) is 11.9. The van der Waals surface area contributed by atoms with E-state index in [4.69, 9.17) is 9.84 Å². The van der Waals surface area contributed by atoms with Crippen LogP contribution in [-0.4, -0.2) is 41.8 Å². The van der Waals surface area contributed by atoms with Crippen molar-refractivity contribution in [1.82, 2.24) is 5.32 Å². The Hall–Kier alpha value is -1.80. The molecule has 0 saturated heterocycles. The lowest BCUT2D eigenvalue weighted by molar-refractivity contribution is -0.205. The average Bonchev–Trinajstić information content (AvgIpc) is 2.80. The number of halogens is 3. The van der Waals surface area contributed by atoms with Crippen molar-refractivity contribution in [2.45, 2.75) is 148 Å². The van der Waals surface area contributed by atoms with E-state index in [1.54, 1.807) is 0 Å². The molecule has 0 heterocycles. The number of ether oxygens (including phenoxy) is 1. The summed E-state index contributed by atoms with van der Waals surface area (Å²) in [5.74, 6) is -3.11. The van der Waals surface area contributed by atoms with Crippen molar-refractivity contribution < 1.29 is 37.4 Å². The van der Waals surface area contributed by atoms with Gasteiger partial charge in [-0.1, -0.05) is 90.4 Å². The van der Waals surface area contributed by atoms with Gasteiger partial charge in [0.2, 0.25) is 5.91 Å². The third-order valence-corrected chi connectivity index (χ3v) is 6.23. The number of carboxylic acids is 1. The van der Waals surface area contributed by atoms with Crippen LogP contribution in [0.2, 0.25) is 0 Å². The number of rotatable bonds is 24. The van der Waals surface area contributed by atoms with Gasteiger partial charge in [-0.15, -0.1) is 0 Å². The number of hydrogen-bond donors (Lipinski definition) is 2. The second-order valence-electron chi connectivity index (χ2n) is 9.65. The highest BCUT2D eigenvalue weighted by Gasteiger charge is 2.42. The number of hydrogen-bond acceptors (Lipinski definition) is 4. The van der Waals surface area contributed by atoms with Crippen LogP contribution in [0.4, 0.5) is 13.2 Å². The van der Waals surface area contributed by atoms with Crippen LogP contribution in [0.1, 0.15) is 135 Å². The molecule has 0 aliphatic heterocycles. The predicted octanol–water partition coefficient (Wildman–Crippen LogP) is 7.48. The van der Waals surface area contributed by atoms with Gasteiger partial charge in [0.05, 0.1) is 6.42 Å². The minimum atomic E-state index is -4.94. The standard InChI is InChI=1S/C27H48F3NO5/c1-2-3-4-5-9-12-15-18-23(36-26(35)27(28,29)30)19-16-13-10-7-6-8-11-14-17-20-24(32)31-22-21-25(33)34/h23H,2-22H2,1H3,(H,31,32)(H,33,34). The SMILES string of the molecule is CCCCCCCCCC(CCCCCCCCCCCC(=O)NCCC(=O)O)OC(=O)C(F)(F)F. The smallest absolute Gasteiger partial charge is 0.481 e. The molecule has 0 radical (unpaired) electrons. The van der Waals surface area contributed by atoms with Gasteiger partial charge in [-0.05, 0) is 32.1 Å². The zero-order valence-electron chi connectivity index (χ0n) is 22.1. The van der Waals surface area contributed by atoms with Crippen molar-refractivity contribution in [3.63, 3.8) is 0 Å². The van der Waals surface area contributed by atoms with Crippen LogP contribution in [0.5, 0.6) is 0 Å². The fourth-order valence-corrected chi connectivity index (χ4v) is 4.10. The first kappa shape index (κ1) is 34.2. The Balaban J connectivity index is 3.85. The lowest BCUT2D eigenvalue weighted by atomic mass is 10.0. The van der Waals surface area contributed by atoms with E-state index in [1.807, 2.05) is 0 Å². The Kier molecular flexibility index (Phi) is 21.3. The molecule has 6 nitrogen and oxygen atoms in total. The molecule has 1 atom stereocenters. The van der Waals surface area contributed by atoms with Gasteiger partial charge in [0, 0.05) is 13.0 Å². The van der Waals surface area contributed by atoms with Gasteiger partial charge in [0.25, 0.3) is 0 Å². The van der Waals surface area contributed by atoms with E-state index in [0.717, 1.165) is 83.5 Å². The Labute approximate surface area is 215 Å². The zero-order valence-corrected chi connectivity index (χ0v) is 22.1. The zero-order chi connectivity index (χ0) is 27.1. The van der Waals surface area contributed by atoms with Gasteiger partial charge in [-0.3, -0.25) is 9.59 Å². The molecule has 0 rings (SSSR count). The molecule has 0 fully saturated rings. The van der Waals surface area contributed by atoms with Crippen molar-refractivity contribution in [2.75, 3.05) is 6.54 Å². The quantitative estimate of drug-likeness (QED) is 0.101. The van der Waals surface area contributed by atoms with Crippen LogP contribution >= 0.6 is 0 Å². The van der Waals surface area contributed by atoms with Crippen molar-refractivity contribution in [1.29, 1.82) is 0 Å². The lowest BCUT2D eigenvalue weighted by Gasteiger charge is -2.19. The average molecular weight is 524 g/mol. The third-order valence-electron chi connectivity index (χ3n) is 6.23. The molecule has 9 heteroatoms. The number of amides is 1. The second kappa shape index (κ2) is 22.4. The highest BCUT2D eigenvalue weighted by atomic mass is 19.4. The van der Waals surface area contributed by atoms with Crippen molar-refractivity contribution in [3.8, 4) is 0 Å². The normalized spacial score (nSPS) is 12.3. The van der Waals surface area contributed by atoms with Crippen LogP contribution < -0.4 is 5.32 Å². The van der Waals surface area contributed by atoms with Gasteiger partial charge in [-0.2, -0.15) is 13.2 Å². The lowest BCUT2D eigenvalue weighted by Crippen LogP contribution is -2.30. The van der Waals surface area contributed by atoms with E-state index in [0.29, 0.717) is 19.3 Å². The molecule has 0 saturated carbocycles. The molecule has 0 aromatic heterocycles. The minimum Gasteiger partial charge on any atom is -0.481 e. The minimum absolute atomic E-state index is 0.0652. The van der Waals surface area contributed by atoms with Crippen LogP contribution in [-0.2, 0) is 19.1 Å². The van der Waals surface area contributed by atoms with Gasteiger partial charge < -0.3 is 15.2 Å². The number of alkyl halides is 3. The maximum absolute atomic E-state index is 12.6. The molecular weight excluding hydrogens is 475 g/mol. The van der Waals surface area contributed by atoms with E-state index in [9.17, 15) is 27.6 Å². The summed E-state index contributed by atoms with van der Waals surface area (Å²) < 4.78 is 42.6. The molecule has 212 valence electrons. The van der Waals surface area contributed by atoms with E-state index in [2.05, 4.69) is 12.2 Å². The number of carbonyl (C=O) groups is 3. The number of esters is 1. The maximum atomic E-state index is 12.6. The summed E-state index contributed by atoms with van der Waals surface area (Å²) >= 11 is 0. The van der Waals surface area contributed by atoms with E-state index in [-0.39, 0.29) is 18.9 Å². The summed E-state index contributed by atoms with van der Waals surface area (Å²) in [6.45, 7) is 2.32. The van der Waals surface area contributed by atoms with E-state index in [1.165, 1.54) is 19.3 Å². The number of carboxylic acid groups (broad SMARTS) is 1. The summed E-state index contributed by atoms with van der Waals surface area (Å²) in [5, 5.41) is 11.1. The van der Waals surface area contributed by atoms with Gasteiger partial charge in [0.1, 0.15) is 6.10 Å². The molecule has 0 bridgehead atoms. The van der Waals surface area contributed by atoms with Crippen molar-refractivity contribution >= 4 is 17.8 Å². The molecule has 0 aliphatic rings. The van der Waals surface area contributed by atoms with E-state index >= 15 is 0 Å². The van der Waals surface area contributed by atoms with Gasteiger partial charge >= 0.3 is 18.1 Å². The van der Waals surface area contributed by atoms with Crippen molar-refractivity contribution in [2.24, 2.45) is 0 Å². The Morgan fingerprint density at radius 2 is 1.17 bits per heavy atom. The summed E-state index contributed by atoms with van der Waals surface area (Å²) in [7, 11) is 0. The molecule has 0 aromatic rings. The Morgan fingerprint density at radius 3 is 1.61 bits per heavy atom.